The molecule has 0 saturated heterocycles. The Balaban J connectivity index is 4.67. The monoisotopic (exact) mass is 269 g/mol. The van der Waals surface area contributed by atoms with Crippen molar-refractivity contribution < 1.29 is 27.9 Å². The molecule has 0 rings (SSSR count). The molecule has 2 N–H and O–H groups in total. The van der Waals surface area contributed by atoms with Gasteiger partial charge in [-0.2, -0.15) is 13.2 Å². The average molecular weight is 269 g/mol. The van der Waals surface area contributed by atoms with Crippen LogP contribution in [0.2, 0.25) is 0 Å². The Morgan fingerprint density at radius 2 is 1.72 bits per heavy atom. The maximum Gasteiger partial charge on any atom is 0.417 e. The van der Waals surface area contributed by atoms with Crippen LogP contribution in [0.1, 0.15) is 34.1 Å². The summed E-state index contributed by atoms with van der Waals surface area (Å²) in [5.41, 5.74) is -3.72. The zero-order valence-electron chi connectivity index (χ0n) is 10.8. The molecule has 0 heterocycles. The maximum absolute atomic E-state index is 12.3. The van der Waals surface area contributed by atoms with Crippen molar-refractivity contribution in [2.24, 2.45) is 5.41 Å². The van der Waals surface area contributed by atoms with E-state index < -0.39 is 35.6 Å². The lowest BCUT2D eigenvalue weighted by atomic mass is 9.87. The number of aldehydes is 1. The first-order valence-corrected chi connectivity index (χ1v) is 5.35. The summed E-state index contributed by atoms with van der Waals surface area (Å²) in [5.74, 6) is -1.02. The van der Waals surface area contributed by atoms with Crippen molar-refractivity contribution >= 4 is 12.2 Å². The molecule has 4 nitrogen and oxygen atoms in total. The minimum absolute atomic E-state index is 0.459. The largest absolute Gasteiger partial charge is 0.417 e. The first-order valence-electron chi connectivity index (χ1n) is 5.35. The highest BCUT2D eigenvalue weighted by Gasteiger charge is 2.51. The van der Waals surface area contributed by atoms with Crippen molar-refractivity contribution in [2.75, 3.05) is 0 Å². The second kappa shape index (κ2) is 5.26. The van der Waals surface area contributed by atoms with Gasteiger partial charge in [-0.05, 0) is 12.3 Å². The van der Waals surface area contributed by atoms with Crippen LogP contribution in [0.5, 0.6) is 0 Å². The lowest BCUT2D eigenvalue weighted by molar-refractivity contribution is -0.253. The average Bonchev–Trinajstić information content (AvgIpc) is 2.09. The highest BCUT2D eigenvalue weighted by molar-refractivity contribution is 5.80. The van der Waals surface area contributed by atoms with Crippen molar-refractivity contribution in [2.45, 2.75) is 51.9 Å². The van der Waals surface area contributed by atoms with Gasteiger partial charge in [0.1, 0.15) is 6.29 Å². The van der Waals surface area contributed by atoms with Gasteiger partial charge in [0.15, 0.2) is 5.60 Å². The first kappa shape index (κ1) is 16.9. The number of amides is 1. The Morgan fingerprint density at radius 3 is 2.00 bits per heavy atom. The zero-order chi connectivity index (χ0) is 14.8. The second-order valence-corrected chi connectivity index (χ2v) is 5.50. The fourth-order valence-electron chi connectivity index (χ4n) is 1.09. The van der Waals surface area contributed by atoms with Crippen LogP contribution in [0.4, 0.5) is 13.2 Å². The van der Waals surface area contributed by atoms with Crippen LogP contribution < -0.4 is 5.32 Å². The van der Waals surface area contributed by atoms with Crippen LogP contribution in [0.3, 0.4) is 0 Å². The lowest BCUT2D eigenvalue weighted by Crippen LogP contribution is -2.50. The van der Waals surface area contributed by atoms with Gasteiger partial charge in [0, 0.05) is 0 Å². The molecule has 0 bridgehead atoms. The van der Waals surface area contributed by atoms with E-state index in [9.17, 15) is 22.8 Å². The molecule has 0 aliphatic heterocycles. The van der Waals surface area contributed by atoms with Crippen molar-refractivity contribution in [3.05, 3.63) is 0 Å². The minimum atomic E-state index is -4.90. The number of aliphatic hydroxyl groups is 1. The van der Waals surface area contributed by atoms with Crippen molar-refractivity contribution in [3.63, 3.8) is 0 Å². The van der Waals surface area contributed by atoms with E-state index in [0.717, 1.165) is 0 Å². The maximum atomic E-state index is 12.3. The molecule has 106 valence electrons. The predicted molar refractivity (Wildman–Crippen MR) is 58.7 cm³/mol. The molecule has 2 unspecified atom stereocenters. The molecule has 7 heteroatoms. The molecule has 0 fully saturated rings. The topological polar surface area (TPSA) is 66.4 Å². The summed E-state index contributed by atoms with van der Waals surface area (Å²) in [6, 6.07) is -0.908. The van der Waals surface area contributed by atoms with Crippen LogP contribution in [0.15, 0.2) is 0 Å². The first-order chi connectivity index (χ1) is 7.81. The van der Waals surface area contributed by atoms with Gasteiger partial charge in [0.25, 0.3) is 0 Å². The van der Waals surface area contributed by atoms with E-state index in [1.54, 1.807) is 20.8 Å². The molecule has 0 saturated carbocycles. The summed E-state index contributed by atoms with van der Waals surface area (Å²) in [6.45, 7) is 5.50. The minimum Gasteiger partial charge on any atom is -0.380 e. The zero-order valence-corrected chi connectivity index (χ0v) is 10.8. The van der Waals surface area contributed by atoms with Gasteiger partial charge in [-0.25, -0.2) is 0 Å². The quantitative estimate of drug-likeness (QED) is 0.758. The van der Waals surface area contributed by atoms with Crippen LogP contribution >= 0.6 is 0 Å². The van der Waals surface area contributed by atoms with Gasteiger partial charge < -0.3 is 15.2 Å². The third-order valence-corrected chi connectivity index (χ3v) is 2.50. The number of hydrogen-bond acceptors (Lipinski definition) is 3. The predicted octanol–water partition coefficient (Wildman–Crippen LogP) is 1.42. The summed E-state index contributed by atoms with van der Waals surface area (Å²) in [7, 11) is 0. The number of carbonyl (C=O) groups excluding carboxylic acids is 2. The van der Waals surface area contributed by atoms with Gasteiger partial charge in [0.05, 0.1) is 12.5 Å². The molecule has 2 atom stereocenters. The van der Waals surface area contributed by atoms with Gasteiger partial charge in [-0.1, -0.05) is 20.8 Å². The SMILES string of the molecule is CC(C)(C)C(C=O)NC(=O)CC(C)(O)C(F)(F)F. The Labute approximate surface area is 104 Å². The molecule has 0 spiro atoms. The van der Waals surface area contributed by atoms with Crippen LogP contribution in [-0.2, 0) is 9.59 Å². The van der Waals surface area contributed by atoms with Crippen LogP contribution in [0.25, 0.3) is 0 Å². The Hall–Kier alpha value is -1.11. The van der Waals surface area contributed by atoms with E-state index in [1.165, 1.54) is 0 Å². The highest BCUT2D eigenvalue weighted by Crippen LogP contribution is 2.32. The summed E-state index contributed by atoms with van der Waals surface area (Å²) in [4.78, 5) is 22.1. The van der Waals surface area contributed by atoms with E-state index in [2.05, 4.69) is 5.32 Å². The van der Waals surface area contributed by atoms with Crippen LogP contribution in [-0.4, -0.2) is 35.1 Å². The van der Waals surface area contributed by atoms with Gasteiger partial charge >= 0.3 is 6.18 Å². The molecule has 0 aliphatic carbocycles. The summed E-state index contributed by atoms with van der Waals surface area (Å²) in [5, 5.41) is 11.3. The molecule has 0 radical (unpaired) electrons. The fraction of sp³-hybridized carbons (Fsp3) is 0.818. The number of alkyl halides is 3. The van der Waals surface area contributed by atoms with E-state index >= 15 is 0 Å². The standard InChI is InChI=1S/C11H18F3NO3/c1-9(2,3)7(6-16)15-8(17)5-10(4,18)11(12,13)14/h6-7,18H,5H2,1-4H3,(H,15,17). The number of halogens is 3. The Morgan fingerprint density at radius 1 is 1.28 bits per heavy atom. The number of rotatable bonds is 4. The van der Waals surface area contributed by atoms with Gasteiger partial charge in [-0.15, -0.1) is 0 Å². The Bertz CT molecular complexity index is 318. The smallest absolute Gasteiger partial charge is 0.380 e. The molecule has 0 aliphatic rings. The number of carbonyl (C=O) groups is 2. The van der Waals surface area contributed by atoms with E-state index in [1.807, 2.05) is 0 Å². The van der Waals surface area contributed by atoms with Crippen molar-refractivity contribution in [3.8, 4) is 0 Å². The van der Waals surface area contributed by atoms with Crippen LogP contribution in [0, 0.1) is 5.41 Å². The summed E-state index contributed by atoms with van der Waals surface area (Å²) < 4.78 is 37.0. The van der Waals surface area contributed by atoms with Crippen molar-refractivity contribution in [1.82, 2.24) is 5.32 Å². The molecular weight excluding hydrogens is 251 g/mol. The highest BCUT2D eigenvalue weighted by atomic mass is 19.4. The molecule has 0 aromatic heterocycles. The van der Waals surface area contributed by atoms with Gasteiger partial charge in [-0.3, -0.25) is 4.79 Å². The molecule has 18 heavy (non-hydrogen) atoms. The summed E-state index contributed by atoms with van der Waals surface area (Å²) in [6.07, 6.45) is -5.58. The lowest BCUT2D eigenvalue weighted by Gasteiger charge is -2.29. The van der Waals surface area contributed by atoms with E-state index in [0.29, 0.717) is 13.2 Å². The summed E-state index contributed by atoms with van der Waals surface area (Å²) >= 11 is 0. The fourth-order valence-corrected chi connectivity index (χ4v) is 1.09. The molecule has 0 aromatic carbocycles. The number of hydrogen-bond donors (Lipinski definition) is 2. The molecule has 1 amide bonds. The van der Waals surface area contributed by atoms with Crippen molar-refractivity contribution in [1.29, 1.82) is 0 Å². The third kappa shape index (κ3) is 4.64. The van der Waals surface area contributed by atoms with Gasteiger partial charge in [0.2, 0.25) is 5.91 Å². The Kier molecular flexibility index (Phi) is 4.93. The third-order valence-electron chi connectivity index (χ3n) is 2.50. The second-order valence-electron chi connectivity index (χ2n) is 5.50. The normalized spacial score (nSPS) is 17.8. The number of nitrogens with one attached hydrogen (secondary N) is 1. The van der Waals surface area contributed by atoms with E-state index in [-0.39, 0.29) is 0 Å². The molecule has 0 aromatic rings. The molecular formula is C11H18F3NO3. The van der Waals surface area contributed by atoms with E-state index in [4.69, 9.17) is 5.11 Å².